The van der Waals surface area contributed by atoms with Crippen molar-refractivity contribution in [1.29, 1.82) is 0 Å². The van der Waals surface area contributed by atoms with E-state index >= 15 is 0 Å². The zero-order chi connectivity index (χ0) is 13.1. The van der Waals surface area contributed by atoms with E-state index in [-0.39, 0.29) is 11.4 Å². The number of carbonyl (C=O) groups excluding carboxylic acids is 1. The lowest BCUT2D eigenvalue weighted by Gasteiger charge is -2.28. The Bertz CT molecular complexity index is 411. The zero-order valence-corrected chi connectivity index (χ0v) is 12.5. The highest BCUT2D eigenvalue weighted by molar-refractivity contribution is 9.10. The van der Waals surface area contributed by atoms with Crippen molar-refractivity contribution in [3.05, 3.63) is 33.8 Å². The standard InChI is InChI=1S/C14H20BrNO/c1-5-14(4,6-2)16-13(17)11-8-7-9-12(15)10(11)3/h7-9H,5-6H2,1-4H3,(H,16,17). The third-order valence-corrected chi connectivity index (χ3v) is 4.35. The quantitative estimate of drug-likeness (QED) is 0.892. The van der Waals surface area contributed by atoms with Gasteiger partial charge in [-0.25, -0.2) is 0 Å². The molecule has 0 saturated heterocycles. The summed E-state index contributed by atoms with van der Waals surface area (Å²) in [5.74, 6) is 0.00926. The molecule has 1 rings (SSSR count). The number of rotatable bonds is 4. The first-order chi connectivity index (χ1) is 7.93. The van der Waals surface area contributed by atoms with E-state index in [4.69, 9.17) is 0 Å². The fourth-order valence-electron chi connectivity index (χ4n) is 1.62. The number of carbonyl (C=O) groups is 1. The molecule has 1 amide bonds. The van der Waals surface area contributed by atoms with Crippen LogP contribution in [0.15, 0.2) is 22.7 Å². The van der Waals surface area contributed by atoms with Crippen molar-refractivity contribution in [3.63, 3.8) is 0 Å². The summed E-state index contributed by atoms with van der Waals surface area (Å²) in [7, 11) is 0. The molecule has 0 aliphatic heterocycles. The van der Waals surface area contributed by atoms with Gasteiger partial charge in [0.2, 0.25) is 0 Å². The Balaban J connectivity index is 2.94. The second kappa shape index (κ2) is 5.67. The first-order valence-electron chi connectivity index (χ1n) is 6.01. The van der Waals surface area contributed by atoms with Crippen LogP contribution in [0.3, 0.4) is 0 Å². The van der Waals surface area contributed by atoms with Crippen LogP contribution in [0.2, 0.25) is 0 Å². The van der Waals surface area contributed by atoms with E-state index < -0.39 is 0 Å². The molecule has 0 aliphatic carbocycles. The van der Waals surface area contributed by atoms with Gasteiger partial charge in [-0.3, -0.25) is 4.79 Å². The highest BCUT2D eigenvalue weighted by Crippen LogP contribution is 2.21. The molecule has 0 saturated carbocycles. The Hall–Kier alpha value is -0.830. The van der Waals surface area contributed by atoms with Crippen LogP contribution in [-0.2, 0) is 0 Å². The smallest absolute Gasteiger partial charge is 0.252 e. The van der Waals surface area contributed by atoms with Gasteiger partial charge in [-0.15, -0.1) is 0 Å². The first kappa shape index (κ1) is 14.2. The molecular weight excluding hydrogens is 278 g/mol. The topological polar surface area (TPSA) is 29.1 Å². The molecule has 1 N–H and O–H groups in total. The van der Waals surface area contributed by atoms with Crippen molar-refractivity contribution in [2.75, 3.05) is 0 Å². The molecule has 17 heavy (non-hydrogen) atoms. The normalized spacial score (nSPS) is 11.4. The molecule has 94 valence electrons. The Kier molecular flexibility index (Phi) is 4.75. The van der Waals surface area contributed by atoms with Crippen molar-refractivity contribution in [1.82, 2.24) is 5.32 Å². The molecule has 0 radical (unpaired) electrons. The minimum Gasteiger partial charge on any atom is -0.347 e. The molecule has 0 unspecified atom stereocenters. The van der Waals surface area contributed by atoms with Gasteiger partial charge in [0, 0.05) is 15.6 Å². The Morgan fingerprint density at radius 3 is 2.47 bits per heavy atom. The van der Waals surface area contributed by atoms with Gasteiger partial charge in [0.1, 0.15) is 0 Å². The van der Waals surface area contributed by atoms with E-state index in [9.17, 15) is 4.79 Å². The summed E-state index contributed by atoms with van der Waals surface area (Å²) >= 11 is 3.45. The predicted molar refractivity (Wildman–Crippen MR) is 75.3 cm³/mol. The van der Waals surface area contributed by atoms with Gasteiger partial charge in [0.15, 0.2) is 0 Å². The van der Waals surface area contributed by atoms with Crippen LogP contribution < -0.4 is 5.32 Å². The molecule has 0 fully saturated rings. The molecule has 2 nitrogen and oxygen atoms in total. The van der Waals surface area contributed by atoms with E-state index in [0.717, 1.165) is 28.4 Å². The molecule has 1 aromatic carbocycles. The summed E-state index contributed by atoms with van der Waals surface area (Å²) < 4.78 is 0.972. The Morgan fingerprint density at radius 2 is 1.94 bits per heavy atom. The van der Waals surface area contributed by atoms with E-state index in [1.54, 1.807) is 0 Å². The Labute approximate surface area is 112 Å². The van der Waals surface area contributed by atoms with Crippen molar-refractivity contribution < 1.29 is 4.79 Å². The number of nitrogens with one attached hydrogen (secondary N) is 1. The van der Waals surface area contributed by atoms with E-state index in [2.05, 4.69) is 42.0 Å². The number of amides is 1. The second-order valence-corrected chi connectivity index (χ2v) is 5.49. The average Bonchev–Trinajstić information content (AvgIpc) is 2.32. The Morgan fingerprint density at radius 1 is 1.35 bits per heavy atom. The van der Waals surface area contributed by atoms with Crippen LogP contribution in [0.4, 0.5) is 0 Å². The van der Waals surface area contributed by atoms with Crippen molar-refractivity contribution >= 4 is 21.8 Å². The maximum Gasteiger partial charge on any atom is 0.252 e. The highest BCUT2D eigenvalue weighted by Gasteiger charge is 2.23. The predicted octanol–water partition coefficient (Wildman–Crippen LogP) is 4.07. The summed E-state index contributed by atoms with van der Waals surface area (Å²) in [6.07, 6.45) is 1.87. The second-order valence-electron chi connectivity index (χ2n) is 4.63. The molecule has 1 aromatic rings. The molecule has 0 heterocycles. The van der Waals surface area contributed by atoms with E-state index in [0.29, 0.717) is 0 Å². The third kappa shape index (κ3) is 3.32. The summed E-state index contributed by atoms with van der Waals surface area (Å²) in [5.41, 5.74) is 1.61. The number of benzene rings is 1. The lowest BCUT2D eigenvalue weighted by atomic mass is 9.94. The average molecular weight is 298 g/mol. The van der Waals surface area contributed by atoms with E-state index in [1.807, 2.05) is 25.1 Å². The molecule has 0 bridgehead atoms. The van der Waals surface area contributed by atoms with Gasteiger partial charge < -0.3 is 5.32 Å². The summed E-state index contributed by atoms with van der Waals surface area (Å²) in [4.78, 5) is 12.2. The number of hydrogen-bond donors (Lipinski definition) is 1. The van der Waals surface area contributed by atoms with Crippen LogP contribution in [0.25, 0.3) is 0 Å². The lowest BCUT2D eigenvalue weighted by molar-refractivity contribution is 0.0900. The van der Waals surface area contributed by atoms with Crippen LogP contribution in [0.5, 0.6) is 0 Å². The van der Waals surface area contributed by atoms with Gasteiger partial charge in [-0.2, -0.15) is 0 Å². The van der Waals surface area contributed by atoms with Gasteiger partial charge >= 0.3 is 0 Å². The van der Waals surface area contributed by atoms with Crippen LogP contribution in [0, 0.1) is 6.92 Å². The number of hydrogen-bond acceptors (Lipinski definition) is 1. The molecule has 0 aliphatic rings. The first-order valence-corrected chi connectivity index (χ1v) is 6.80. The van der Waals surface area contributed by atoms with Crippen molar-refractivity contribution in [3.8, 4) is 0 Å². The van der Waals surface area contributed by atoms with Gasteiger partial charge in [0.25, 0.3) is 5.91 Å². The monoisotopic (exact) mass is 297 g/mol. The summed E-state index contributed by atoms with van der Waals surface area (Å²) in [6, 6.07) is 5.70. The van der Waals surface area contributed by atoms with E-state index in [1.165, 1.54) is 0 Å². The molecule has 3 heteroatoms. The van der Waals surface area contributed by atoms with Crippen molar-refractivity contribution in [2.45, 2.75) is 46.1 Å². The highest BCUT2D eigenvalue weighted by atomic mass is 79.9. The van der Waals surface area contributed by atoms with Crippen LogP contribution in [0.1, 0.15) is 49.5 Å². The SMILES string of the molecule is CCC(C)(CC)NC(=O)c1cccc(Br)c1C. The molecular formula is C14H20BrNO. The van der Waals surface area contributed by atoms with Gasteiger partial charge in [-0.05, 0) is 44.4 Å². The largest absolute Gasteiger partial charge is 0.347 e. The molecule has 0 spiro atoms. The summed E-state index contributed by atoms with van der Waals surface area (Å²) in [6.45, 7) is 8.22. The van der Waals surface area contributed by atoms with Crippen molar-refractivity contribution in [2.24, 2.45) is 0 Å². The van der Waals surface area contributed by atoms with Gasteiger partial charge in [0.05, 0.1) is 0 Å². The summed E-state index contributed by atoms with van der Waals surface area (Å²) in [5, 5.41) is 3.12. The van der Waals surface area contributed by atoms with Crippen LogP contribution in [-0.4, -0.2) is 11.4 Å². The molecule has 0 atom stereocenters. The minimum atomic E-state index is -0.119. The zero-order valence-electron chi connectivity index (χ0n) is 10.9. The maximum atomic E-state index is 12.2. The van der Waals surface area contributed by atoms with Crippen LogP contribution >= 0.6 is 15.9 Å². The maximum absolute atomic E-state index is 12.2. The minimum absolute atomic E-state index is 0.00926. The third-order valence-electron chi connectivity index (χ3n) is 3.49. The fourth-order valence-corrected chi connectivity index (χ4v) is 1.99. The number of halogens is 1. The van der Waals surface area contributed by atoms with Gasteiger partial charge in [-0.1, -0.05) is 35.8 Å². The fraction of sp³-hybridized carbons (Fsp3) is 0.500. The molecule has 0 aromatic heterocycles. The lowest BCUT2D eigenvalue weighted by Crippen LogP contribution is -2.45.